The summed E-state index contributed by atoms with van der Waals surface area (Å²) in [6.45, 7) is 6.46. The molecule has 0 saturated carbocycles. The number of nitrogens with zero attached hydrogens (tertiary/aromatic N) is 3. The third-order valence-electron chi connectivity index (χ3n) is 7.07. The van der Waals surface area contributed by atoms with E-state index in [0.717, 1.165) is 22.9 Å². The van der Waals surface area contributed by atoms with Gasteiger partial charge >= 0.3 is 6.18 Å². The molecule has 2 atom stereocenters. The second-order valence-electron chi connectivity index (χ2n) is 10.9. The van der Waals surface area contributed by atoms with Crippen molar-refractivity contribution in [1.29, 1.82) is 0 Å². The highest BCUT2D eigenvalue weighted by Crippen LogP contribution is 2.30. The zero-order chi connectivity index (χ0) is 30.4. The molecule has 1 aliphatic rings. The highest BCUT2D eigenvalue weighted by molar-refractivity contribution is 7.09. The van der Waals surface area contributed by atoms with Crippen molar-refractivity contribution in [3.63, 3.8) is 0 Å². The number of aromatic nitrogens is 1. The summed E-state index contributed by atoms with van der Waals surface area (Å²) in [5.74, 6) is 0.590. The fourth-order valence-corrected chi connectivity index (χ4v) is 5.95. The van der Waals surface area contributed by atoms with E-state index in [-0.39, 0.29) is 24.7 Å². The molecule has 1 amide bonds. The summed E-state index contributed by atoms with van der Waals surface area (Å²) in [6.07, 6.45) is -4.53. The van der Waals surface area contributed by atoms with Gasteiger partial charge in [0.2, 0.25) is 0 Å². The molecule has 0 N–H and O–H groups in total. The lowest BCUT2D eigenvalue weighted by Crippen LogP contribution is -2.48. The molecule has 226 valence electrons. The lowest BCUT2D eigenvalue weighted by Gasteiger charge is -2.34. The van der Waals surface area contributed by atoms with Gasteiger partial charge in [0.25, 0.3) is 5.91 Å². The maximum atomic E-state index is 13.4. The Morgan fingerprint density at radius 2 is 1.60 bits per heavy atom. The largest absolute Gasteiger partial charge is 0.489 e. The Morgan fingerprint density at radius 3 is 2.30 bits per heavy atom. The highest BCUT2D eigenvalue weighted by Gasteiger charge is 2.31. The summed E-state index contributed by atoms with van der Waals surface area (Å²) in [4.78, 5) is 21.6. The number of rotatable bonds is 10. The first-order valence-electron chi connectivity index (χ1n) is 14.2. The molecule has 10 heteroatoms. The van der Waals surface area contributed by atoms with Gasteiger partial charge in [-0.1, -0.05) is 60.7 Å². The van der Waals surface area contributed by atoms with Gasteiger partial charge in [0.15, 0.2) is 0 Å². The molecule has 1 aliphatic heterocycles. The van der Waals surface area contributed by atoms with Crippen molar-refractivity contribution in [2.24, 2.45) is 0 Å². The van der Waals surface area contributed by atoms with Crippen LogP contribution in [-0.4, -0.2) is 46.0 Å². The highest BCUT2D eigenvalue weighted by atomic mass is 32.1. The number of hydrogen-bond acceptors (Lipinski definition) is 6. The summed E-state index contributed by atoms with van der Waals surface area (Å²) in [5.41, 5.74) is 2.28. The smallest absolute Gasteiger partial charge is 0.416 e. The first-order valence-corrected chi connectivity index (χ1v) is 15.0. The van der Waals surface area contributed by atoms with Crippen LogP contribution in [0.1, 0.15) is 51.6 Å². The third kappa shape index (κ3) is 8.65. The predicted octanol–water partition coefficient (Wildman–Crippen LogP) is 7.19. The molecular weight excluding hydrogens is 575 g/mol. The molecule has 1 aromatic heterocycles. The van der Waals surface area contributed by atoms with Gasteiger partial charge in [-0.3, -0.25) is 9.69 Å². The van der Waals surface area contributed by atoms with E-state index in [9.17, 15) is 18.0 Å². The van der Waals surface area contributed by atoms with Crippen molar-refractivity contribution >= 4 is 17.2 Å². The Balaban J connectivity index is 1.30. The molecule has 0 spiro atoms. The van der Waals surface area contributed by atoms with Crippen molar-refractivity contribution in [2.45, 2.75) is 58.5 Å². The number of alkyl halides is 3. The molecule has 3 aromatic carbocycles. The lowest BCUT2D eigenvalue weighted by molar-refractivity contribution is -0.137. The molecule has 1 fully saturated rings. The second kappa shape index (κ2) is 13.7. The van der Waals surface area contributed by atoms with E-state index in [1.807, 2.05) is 73.3 Å². The minimum absolute atomic E-state index is 0.0520. The molecule has 2 heterocycles. The van der Waals surface area contributed by atoms with E-state index in [2.05, 4.69) is 4.98 Å². The SMILES string of the molecule is CC1CN(C(=O)c2csc(CN(Cc3ccc(OCc4ccccc4)cc3)Cc3cccc(C(F)(F)F)c3)n2)CC(C)O1. The van der Waals surface area contributed by atoms with Crippen LogP contribution in [0.5, 0.6) is 5.75 Å². The summed E-state index contributed by atoms with van der Waals surface area (Å²) >= 11 is 1.38. The van der Waals surface area contributed by atoms with Gasteiger partial charge in [-0.25, -0.2) is 4.98 Å². The van der Waals surface area contributed by atoms with Gasteiger partial charge in [0.1, 0.15) is 23.1 Å². The van der Waals surface area contributed by atoms with Gasteiger partial charge in [-0.15, -0.1) is 11.3 Å². The van der Waals surface area contributed by atoms with Crippen LogP contribution in [-0.2, 0) is 37.2 Å². The van der Waals surface area contributed by atoms with E-state index in [1.54, 1.807) is 16.3 Å². The third-order valence-corrected chi connectivity index (χ3v) is 7.91. The Bertz CT molecular complexity index is 1480. The Morgan fingerprint density at radius 1 is 0.930 bits per heavy atom. The van der Waals surface area contributed by atoms with Crippen LogP contribution >= 0.6 is 11.3 Å². The molecule has 43 heavy (non-hydrogen) atoms. The number of amides is 1. The number of hydrogen-bond donors (Lipinski definition) is 0. The Hall–Kier alpha value is -3.73. The fraction of sp³-hybridized carbons (Fsp3) is 0.333. The number of carbonyl (C=O) groups is 1. The van der Waals surface area contributed by atoms with Crippen LogP contribution in [0.15, 0.2) is 84.2 Å². The van der Waals surface area contributed by atoms with Crippen molar-refractivity contribution in [3.8, 4) is 5.75 Å². The number of morpholine rings is 1. The van der Waals surface area contributed by atoms with E-state index in [4.69, 9.17) is 9.47 Å². The Kier molecular flexibility index (Phi) is 9.79. The first-order chi connectivity index (χ1) is 20.6. The number of benzene rings is 3. The van der Waals surface area contributed by atoms with Crippen LogP contribution in [0.2, 0.25) is 0 Å². The fourth-order valence-electron chi connectivity index (χ4n) is 5.14. The van der Waals surface area contributed by atoms with Gasteiger partial charge in [-0.05, 0) is 48.7 Å². The maximum absolute atomic E-state index is 13.4. The normalized spacial score (nSPS) is 17.3. The minimum atomic E-state index is -4.42. The molecule has 1 saturated heterocycles. The monoisotopic (exact) mass is 609 g/mol. The summed E-state index contributed by atoms with van der Waals surface area (Å²) in [6, 6.07) is 23.0. The summed E-state index contributed by atoms with van der Waals surface area (Å²) < 4.78 is 51.9. The van der Waals surface area contributed by atoms with Crippen molar-refractivity contribution in [2.75, 3.05) is 13.1 Å². The van der Waals surface area contributed by atoms with Gasteiger partial charge < -0.3 is 14.4 Å². The molecular formula is C33H34F3N3O3S. The van der Waals surface area contributed by atoms with E-state index < -0.39 is 11.7 Å². The van der Waals surface area contributed by atoms with Crippen LogP contribution in [0, 0.1) is 0 Å². The number of halogens is 3. The number of carbonyl (C=O) groups excluding carboxylic acids is 1. The van der Waals surface area contributed by atoms with Crippen molar-refractivity contribution in [3.05, 3.63) is 117 Å². The molecule has 0 aliphatic carbocycles. The van der Waals surface area contributed by atoms with E-state index in [1.165, 1.54) is 23.5 Å². The van der Waals surface area contributed by atoms with Crippen molar-refractivity contribution in [1.82, 2.24) is 14.8 Å². The molecule has 2 unspecified atom stereocenters. The molecule has 0 bridgehead atoms. The molecule has 5 rings (SSSR count). The van der Waals surface area contributed by atoms with E-state index >= 15 is 0 Å². The molecule has 0 radical (unpaired) electrons. The Labute approximate surface area is 253 Å². The van der Waals surface area contributed by atoms with Crippen LogP contribution in [0.4, 0.5) is 13.2 Å². The zero-order valence-corrected chi connectivity index (χ0v) is 24.9. The van der Waals surface area contributed by atoms with Gasteiger partial charge in [0.05, 0.1) is 24.3 Å². The average molecular weight is 610 g/mol. The number of ether oxygens (including phenoxy) is 2. The summed E-state index contributed by atoms with van der Waals surface area (Å²) in [7, 11) is 0. The molecule has 4 aromatic rings. The van der Waals surface area contributed by atoms with Crippen LogP contribution in [0.25, 0.3) is 0 Å². The standard InChI is InChI=1S/C33H34F3N3O3S/c1-23-16-39(17-24(2)42-23)32(40)30-22-43-31(37-30)20-38(19-27-9-6-10-28(15-27)33(34,35)36)18-25-11-13-29(14-12-25)41-21-26-7-4-3-5-8-26/h3-15,22-24H,16-21H2,1-2H3. The lowest BCUT2D eigenvalue weighted by atomic mass is 10.1. The van der Waals surface area contributed by atoms with Crippen LogP contribution in [0.3, 0.4) is 0 Å². The second-order valence-corrected chi connectivity index (χ2v) is 11.8. The first kappa shape index (κ1) is 30.7. The predicted molar refractivity (Wildman–Crippen MR) is 160 cm³/mol. The van der Waals surface area contributed by atoms with Gasteiger partial charge in [0, 0.05) is 31.6 Å². The maximum Gasteiger partial charge on any atom is 0.416 e. The van der Waals surface area contributed by atoms with Crippen molar-refractivity contribution < 1.29 is 27.4 Å². The van der Waals surface area contributed by atoms with E-state index in [0.29, 0.717) is 49.1 Å². The van der Waals surface area contributed by atoms with Gasteiger partial charge in [-0.2, -0.15) is 13.2 Å². The average Bonchev–Trinajstić information content (AvgIpc) is 3.44. The van der Waals surface area contributed by atoms with Crippen LogP contribution < -0.4 is 4.74 Å². The number of thiazole rings is 1. The minimum Gasteiger partial charge on any atom is -0.489 e. The zero-order valence-electron chi connectivity index (χ0n) is 24.1. The summed E-state index contributed by atoms with van der Waals surface area (Å²) in [5, 5.41) is 2.47. The topological polar surface area (TPSA) is 54.9 Å². The molecule has 6 nitrogen and oxygen atoms in total. The quantitative estimate of drug-likeness (QED) is 0.191.